The number of carbonyl (C=O) groups is 2. The third-order valence-electron chi connectivity index (χ3n) is 2.98. The first-order valence-electron chi connectivity index (χ1n) is 6.20. The number of carboxylic acids is 1. The maximum Gasteiger partial charge on any atom is 0.323 e. The summed E-state index contributed by atoms with van der Waals surface area (Å²) in [7, 11) is 0. The van der Waals surface area contributed by atoms with Crippen molar-refractivity contribution in [2.24, 2.45) is 5.92 Å². The number of rotatable bonds is 6. The van der Waals surface area contributed by atoms with Crippen molar-refractivity contribution in [3.05, 3.63) is 0 Å². The molecule has 1 aliphatic heterocycles. The molecule has 0 aromatic rings. The Morgan fingerprint density at radius 1 is 1.35 bits per heavy atom. The Kier molecular flexibility index (Phi) is 6.40. The highest BCUT2D eigenvalue weighted by atomic mass is 32.2. The van der Waals surface area contributed by atoms with E-state index in [4.69, 9.17) is 5.11 Å². The van der Waals surface area contributed by atoms with Crippen molar-refractivity contribution in [3.63, 3.8) is 0 Å². The molecule has 1 rings (SSSR count). The second kappa shape index (κ2) is 7.58. The number of hydrogen-bond acceptors (Lipinski definition) is 3. The molecule has 98 valence electrons. The average molecular weight is 259 g/mol. The van der Waals surface area contributed by atoms with Crippen LogP contribution in [-0.2, 0) is 9.59 Å². The number of carbonyl (C=O) groups excluding carboxylic acids is 1. The van der Waals surface area contributed by atoms with Gasteiger partial charge in [0, 0.05) is 13.0 Å². The van der Waals surface area contributed by atoms with Gasteiger partial charge < -0.3 is 10.0 Å². The fourth-order valence-electron chi connectivity index (χ4n) is 2.05. The molecule has 0 radical (unpaired) electrons. The molecule has 0 atom stereocenters. The molecule has 5 heteroatoms. The first kappa shape index (κ1) is 14.4. The minimum atomic E-state index is -0.925. The molecule has 4 nitrogen and oxygen atoms in total. The van der Waals surface area contributed by atoms with Crippen LogP contribution in [0.4, 0.5) is 0 Å². The summed E-state index contributed by atoms with van der Waals surface area (Å²) in [4.78, 5) is 24.2. The van der Waals surface area contributed by atoms with Gasteiger partial charge in [0.25, 0.3) is 0 Å². The van der Waals surface area contributed by atoms with Crippen molar-refractivity contribution in [2.45, 2.75) is 32.6 Å². The van der Waals surface area contributed by atoms with Crippen LogP contribution in [-0.4, -0.2) is 46.5 Å². The highest BCUT2D eigenvalue weighted by Crippen LogP contribution is 2.25. The van der Waals surface area contributed by atoms with Gasteiger partial charge in [0.1, 0.15) is 6.54 Å². The Morgan fingerprint density at radius 2 is 2.00 bits per heavy atom. The SMILES string of the molecule is CCCN(CC(=O)O)C(=O)CC1CCSCC1. The second-order valence-corrected chi connectivity index (χ2v) is 5.69. The molecule has 0 unspecified atom stereocenters. The molecule has 0 saturated carbocycles. The van der Waals surface area contributed by atoms with Gasteiger partial charge in [-0.2, -0.15) is 11.8 Å². The molecule has 1 aliphatic rings. The smallest absolute Gasteiger partial charge is 0.323 e. The van der Waals surface area contributed by atoms with Crippen molar-refractivity contribution in [2.75, 3.05) is 24.6 Å². The molecule has 0 spiro atoms. The van der Waals surface area contributed by atoms with Crippen LogP contribution in [0.5, 0.6) is 0 Å². The van der Waals surface area contributed by atoms with Crippen molar-refractivity contribution < 1.29 is 14.7 Å². The van der Waals surface area contributed by atoms with E-state index in [-0.39, 0.29) is 12.5 Å². The van der Waals surface area contributed by atoms with Crippen molar-refractivity contribution in [3.8, 4) is 0 Å². The van der Waals surface area contributed by atoms with Gasteiger partial charge in [-0.15, -0.1) is 0 Å². The van der Waals surface area contributed by atoms with Crippen LogP contribution < -0.4 is 0 Å². The summed E-state index contributed by atoms with van der Waals surface area (Å²) >= 11 is 1.94. The predicted octanol–water partition coefficient (Wildman–Crippen LogP) is 1.84. The Morgan fingerprint density at radius 3 is 2.53 bits per heavy atom. The van der Waals surface area contributed by atoms with Crippen molar-refractivity contribution in [1.82, 2.24) is 4.90 Å². The monoisotopic (exact) mass is 259 g/mol. The third-order valence-corrected chi connectivity index (χ3v) is 4.03. The molecule has 0 aromatic carbocycles. The number of hydrogen-bond donors (Lipinski definition) is 1. The van der Waals surface area contributed by atoms with Gasteiger partial charge in [0.15, 0.2) is 0 Å². The second-order valence-electron chi connectivity index (χ2n) is 4.47. The molecule has 1 fully saturated rings. The molecule has 17 heavy (non-hydrogen) atoms. The molecule has 1 saturated heterocycles. The lowest BCUT2D eigenvalue weighted by Gasteiger charge is -2.25. The third kappa shape index (κ3) is 5.44. The highest BCUT2D eigenvalue weighted by molar-refractivity contribution is 7.99. The van der Waals surface area contributed by atoms with Gasteiger partial charge in [-0.25, -0.2) is 0 Å². The molecule has 0 aliphatic carbocycles. The first-order valence-corrected chi connectivity index (χ1v) is 7.36. The molecule has 1 N–H and O–H groups in total. The van der Waals surface area contributed by atoms with Gasteiger partial charge >= 0.3 is 5.97 Å². The van der Waals surface area contributed by atoms with Gasteiger partial charge in [0.2, 0.25) is 5.91 Å². The van der Waals surface area contributed by atoms with E-state index in [9.17, 15) is 9.59 Å². The van der Waals surface area contributed by atoms with Crippen LogP contribution in [0.1, 0.15) is 32.6 Å². The lowest BCUT2D eigenvalue weighted by molar-refractivity contribution is -0.144. The van der Waals surface area contributed by atoms with Crippen LogP contribution in [0.2, 0.25) is 0 Å². The predicted molar refractivity (Wildman–Crippen MR) is 69.2 cm³/mol. The summed E-state index contributed by atoms with van der Waals surface area (Å²) in [5.41, 5.74) is 0. The summed E-state index contributed by atoms with van der Waals surface area (Å²) in [6.07, 6.45) is 3.50. The van der Waals surface area contributed by atoms with Gasteiger partial charge in [-0.1, -0.05) is 6.92 Å². The molecular weight excluding hydrogens is 238 g/mol. The van der Waals surface area contributed by atoms with E-state index in [0.717, 1.165) is 30.8 Å². The minimum absolute atomic E-state index is 0.00569. The maximum absolute atomic E-state index is 12.0. The normalized spacial score (nSPS) is 16.8. The molecule has 1 heterocycles. The van der Waals surface area contributed by atoms with E-state index in [1.165, 1.54) is 4.90 Å². The summed E-state index contributed by atoms with van der Waals surface area (Å²) < 4.78 is 0. The largest absolute Gasteiger partial charge is 0.480 e. The zero-order chi connectivity index (χ0) is 12.7. The Hall–Kier alpha value is -0.710. The van der Waals surface area contributed by atoms with Crippen molar-refractivity contribution >= 4 is 23.6 Å². The van der Waals surface area contributed by atoms with Crippen LogP contribution >= 0.6 is 11.8 Å². The van der Waals surface area contributed by atoms with E-state index in [1.807, 2.05) is 18.7 Å². The summed E-state index contributed by atoms with van der Waals surface area (Å²) in [6.45, 7) is 2.35. The van der Waals surface area contributed by atoms with E-state index in [0.29, 0.717) is 18.9 Å². The Balaban J connectivity index is 2.42. The lowest BCUT2D eigenvalue weighted by atomic mass is 9.98. The number of carboxylic acid groups (broad SMARTS) is 1. The number of thioether (sulfide) groups is 1. The molecule has 1 amide bonds. The van der Waals surface area contributed by atoms with E-state index < -0.39 is 5.97 Å². The lowest BCUT2D eigenvalue weighted by Crippen LogP contribution is -2.37. The summed E-state index contributed by atoms with van der Waals surface area (Å²) in [6, 6.07) is 0. The Labute approximate surface area is 107 Å². The maximum atomic E-state index is 12.0. The zero-order valence-corrected chi connectivity index (χ0v) is 11.2. The van der Waals surface area contributed by atoms with Crippen LogP contribution in [0, 0.1) is 5.92 Å². The van der Waals surface area contributed by atoms with Crippen LogP contribution in [0.15, 0.2) is 0 Å². The van der Waals surface area contributed by atoms with E-state index in [2.05, 4.69) is 0 Å². The minimum Gasteiger partial charge on any atom is -0.480 e. The molecule has 0 aromatic heterocycles. The van der Waals surface area contributed by atoms with Crippen LogP contribution in [0.25, 0.3) is 0 Å². The quantitative estimate of drug-likeness (QED) is 0.791. The van der Waals surface area contributed by atoms with Gasteiger partial charge in [-0.05, 0) is 36.7 Å². The average Bonchev–Trinajstić information content (AvgIpc) is 2.29. The number of aliphatic carboxylic acids is 1. The van der Waals surface area contributed by atoms with Crippen molar-refractivity contribution in [1.29, 1.82) is 0 Å². The fraction of sp³-hybridized carbons (Fsp3) is 0.833. The Bertz CT molecular complexity index is 264. The number of nitrogens with zero attached hydrogens (tertiary/aromatic N) is 1. The number of amides is 1. The van der Waals surface area contributed by atoms with Gasteiger partial charge in [0.05, 0.1) is 0 Å². The van der Waals surface area contributed by atoms with Crippen LogP contribution in [0.3, 0.4) is 0 Å². The van der Waals surface area contributed by atoms with Gasteiger partial charge in [-0.3, -0.25) is 9.59 Å². The summed E-state index contributed by atoms with van der Waals surface area (Å²) in [5, 5.41) is 8.77. The highest BCUT2D eigenvalue weighted by Gasteiger charge is 2.22. The molecular formula is C12H21NO3S. The summed E-state index contributed by atoms with van der Waals surface area (Å²) in [5.74, 6) is 1.80. The van der Waals surface area contributed by atoms with E-state index >= 15 is 0 Å². The van der Waals surface area contributed by atoms with E-state index in [1.54, 1.807) is 0 Å². The first-order chi connectivity index (χ1) is 8.13. The topological polar surface area (TPSA) is 57.6 Å². The zero-order valence-electron chi connectivity index (χ0n) is 10.4. The molecule has 0 bridgehead atoms. The standard InChI is InChI=1S/C12H21NO3S/c1-2-5-13(9-12(15)16)11(14)8-10-3-6-17-7-4-10/h10H,2-9H2,1H3,(H,15,16). The fourth-order valence-corrected chi connectivity index (χ4v) is 3.26.